The largest absolute Gasteiger partial charge is 0.395 e. The van der Waals surface area contributed by atoms with Gasteiger partial charge in [-0.2, -0.15) is 0 Å². The highest BCUT2D eigenvalue weighted by Gasteiger charge is 2.23. The van der Waals surface area contributed by atoms with E-state index in [2.05, 4.69) is 10.2 Å². The van der Waals surface area contributed by atoms with Crippen LogP contribution in [0.1, 0.15) is 26.2 Å². The van der Waals surface area contributed by atoms with Gasteiger partial charge >= 0.3 is 6.03 Å². The fourth-order valence-corrected chi connectivity index (χ4v) is 2.97. The number of hydrogen-bond donors (Lipinski definition) is 2. The Balaban J connectivity index is 1.94. The minimum absolute atomic E-state index is 0.0342. The number of nitrogens with zero attached hydrogens (tertiary/aromatic N) is 2. The minimum atomic E-state index is -0.245. The summed E-state index contributed by atoms with van der Waals surface area (Å²) < 4.78 is 13.4. The first-order valence-electron chi connectivity index (χ1n) is 8.31. The molecule has 0 bridgehead atoms. The Morgan fingerprint density at radius 3 is 3.00 bits per heavy atom. The molecule has 23 heavy (non-hydrogen) atoms. The van der Waals surface area contributed by atoms with Gasteiger partial charge in [-0.15, -0.1) is 0 Å². The summed E-state index contributed by atoms with van der Waals surface area (Å²) in [6.45, 7) is 4.49. The molecular weight excluding hydrogens is 297 g/mol. The molecule has 1 aliphatic rings. The third-order valence-corrected chi connectivity index (χ3v) is 4.07. The van der Waals surface area contributed by atoms with Gasteiger partial charge in [-0.05, 0) is 37.5 Å². The van der Waals surface area contributed by atoms with Crippen molar-refractivity contribution in [1.82, 2.24) is 10.2 Å². The maximum atomic E-state index is 13.4. The molecule has 1 fully saturated rings. The fraction of sp³-hybridized carbons (Fsp3) is 0.588. The van der Waals surface area contributed by atoms with Gasteiger partial charge < -0.3 is 20.2 Å². The number of nitrogens with one attached hydrogen (secondary N) is 1. The van der Waals surface area contributed by atoms with Gasteiger partial charge in [0.2, 0.25) is 0 Å². The lowest BCUT2D eigenvalue weighted by Crippen LogP contribution is -2.52. The van der Waals surface area contributed by atoms with Crippen LogP contribution in [0.15, 0.2) is 24.3 Å². The number of anilines is 1. The number of urea groups is 1. The average Bonchev–Trinajstić information content (AvgIpc) is 2.55. The molecule has 0 radical (unpaired) electrons. The molecule has 1 atom stereocenters. The zero-order valence-corrected chi connectivity index (χ0v) is 13.7. The fourth-order valence-electron chi connectivity index (χ4n) is 2.97. The molecular formula is C17H26FN3O2. The van der Waals surface area contributed by atoms with Crippen molar-refractivity contribution < 1.29 is 14.3 Å². The number of carbonyl (C=O) groups is 1. The molecule has 1 unspecified atom stereocenters. The number of halogens is 1. The molecule has 1 heterocycles. The lowest BCUT2D eigenvalue weighted by molar-refractivity contribution is 0.173. The van der Waals surface area contributed by atoms with E-state index < -0.39 is 0 Å². The van der Waals surface area contributed by atoms with E-state index >= 15 is 0 Å². The van der Waals surface area contributed by atoms with Crippen molar-refractivity contribution in [3.63, 3.8) is 0 Å². The predicted octanol–water partition coefficient (Wildman–Crippen LogP) is 2.21. The Hall–Kier alpha value is -1.82. The van der Waals surface area contributed by atoms with Crippen LogP contribution < -0.4 is 10.2 Å². The van der Waals surface area contributed by atoms with Gasteiger partial charge in [0.15, 0.2) is 0 Å². The third kappa shape index (κ3) is 5.10. The molecule has 1 aromatic carbocycles. The first-order valence-corrected chi connectivity index (χ1v) is 8.31. The van der Waals surface area contributed by atoms with Crippen LogP contribution in [0.25, 0.3) is 0 Å². The van der Waals surface area contributed by atoms with Crippen LogP contribution in [0.2, 0.25) is 0 Å². The van der Waals surface area contributed by atoms with E-state index in [1.807, 2.05) is 13.0 Å². The molecule has 0 aliphatic carbocycles. The lowest BCUT2D eigenvalue weighted by Gasteiger charge is -2.36. The molecule has 2 rings (SSSR count). The Morgan fingerprint density at radius 1 is 1.48 bits per heavy atom. The number of benzene rings is 1. The Kier molecular flexibility index (Phi) is 6.65. The number of hydrogen-bond acceptors (Lipinski definition) is 3. The average molecular weight is 323 g/mol. The molecule has 1 aliphatic heterocycles. The smallest absolute Gasteiger partial charge is 0.317 e. The topological polar surface area (TPSA) is 55.8 Å². The van der Waals surface area contributed by atoms with E-state index in [4.69, 9.17) is 5.11 Å². The lowest BCUT2D eigenvalue weighted by atomic mass is 10.0. The van der Waals surface area contributed by atoms with Gasteiger partial charge in [0, 0.05) is 37.9 Å². The molecule has 1 saturated heterocycles. The standard InChI is InChI=1S/C17H26FN3O2/c1-2-8-20(10-11-22)17(23)19-15-6-4-9-21(13-15)16-7-3-5-14(18)12-16/h3,5,7,12,15,22H,2,4,6,8-11,13H2,1H3,(H,19,23). The SMILES string of the molecule is CCCN(CCO)C(=O)NC1CCCN(c2cccc(F)c2)C1. The van der Waals surface area contributed by atoms with Gasteiger partial charge in [-0.1, -0.05) is 13.0 Å². The van der Waals surface area contributed by atoms with Crippen LogP contribution in [-0.2, 0) is 0 Å². The Bertz CT molecular complexity index is 506. The van der Waals surface area contributed by atoms with E-state index in [-0.39, 0.29) is 24.5 Å². The normalized spacial score (nSPS) is 17.9. The minimum Gasteiger partial charge on any atom is -0.395 e. The van der Waals surface area contributed by atoms with E-state index in [9.17, 15) is 9.18 Å². The van der Waals surface area contributed by atoms with Crippen molar-refractivity contribution in [3.8, 4) is 0 Å². The van der Waals surface area contributed by atoms with Crippen molar-refractivity contribution in [2.75, 3.05) is 37.7 Å². The maximum absolute atomic E-state index is 13.4. The predicted molar refractivity (Wildman–Crippen MR) is 89.1 cm³/mol. The summed E-state index contributed by atoms with van der Waals surface area (Å²) in [7, 11) is 0. The summed E-state index contributed by atoms with van der Waals surface area (Å²) in [5, 5.41) is 12.1. The van der Waals surface area contributed by atoms with Crippen molar-refractivity contribution >= 4 is 11.7 Å². The summed E-state index contributed by atoms with van der Waals surface area (Å²) in [4.78, 5) is 16.1. The highest BCUT2D eigenvalue weighted by atomic mass is 19.1. The van der Waals surface area contributed by atoms with E-state index in [0.717, 1.165) is 31.5 Å². The molecule has 2 amide bonds. The van der Waals surface area contributed by atoms with Crippen LogP contribution in [0.5, 0.6) is 0 Å². The number of piperidine rings is 1. The summed E-state index contributed by atoms with van der Waals surface area (Å²) in [6.07, 6.45) is 2.72. The molecule has 6 heteroatoms. The van der Waals surface area contributed by atoms with E-state index in [0.29, 0.717) is 19.6 Å². The first kappa shape index (κ1) is 17.5. The zero-order valence-electron chi connectivity index (χ0n) is 13.7. The van der Waals surface area contributed by atoms with Crippen LogP contribution in [0, 0.1) is 5.82 Å². The van der Waals surface area contributed by atoms with Gasteiger partial charge in [0.25, 0.3) is 0 Å². The van der Waals surface area contributed by atoms with Crippen molar-refractivity contribution in [1.29, 1.82) is 0 Å². The summed E-state index contributed by atoms with van der Waals surface area (Å²) in [5.74, 6) is -0.245. The maximum Gasteiger partial charge on any atom is 0.317 e. The number of aliphatic hydroxyl groups is 1. The van der Waals surface area contributed by atoms with Gasteiger partial charge in [0.05, 0.1) is 6.61 Å². The zero-order chi connectivity index (χ0) is 16.7. The monoisotopic (exact) mass is 323 g/mol. The number of aliphatic hydroxyl groups excluding tert-OH is 1. The highest BCUT2D eigenvalue weighted by Crippen LogP contribution is 2.20. The van der Waals surface area contributed by atoms with Crippen LogP contribution in [0.3, 0.4) is 0 Å². The summed E-state index contributed by atoms with van der Waals surface area (Å²) in [6, 6.07) is 6.47. The van der Waals surface area contributed by atoms with Crippen molar-refractivity contribution in [2.45, 2.75) is 32.2 Å². The molecule has 1 aromatic rings. The second-order valence-corrected chi connectivity index (χ2v) is 5.93. The third-order valence-electron chi connectivity index (χ3n) is 4.07. The second-order valence-electron chi connectivity index (χ2n) is 5.93. The first-order chi connectivity index (χ1) is 11.1. The highest BCUT2D eigenvalue weighted by molar-refractivity contribution is 5.74. The molecule has 0 saturated carbocycles. The Morgan fingerprint density at radius 2 is 2.30 bits per heavy atom. The molecule has 5 nitrogen and oxygen atoms in total. The van der Waals surface area contributed by atoms with Crippen molar-refractivity contribution in [3.05, 3.63) is 30.1 Å². The van der Waals surface area contributed by atoms with E-state index in [1.54, 1.807) is 11.0 Å². The summed E-state index contributed by atoms with van der Waals surface area (Å²) >= 11 is 0. The van der Waals surface area contributed by atoms with Crippen molar-refractivity contribution in [2.24, 2.45) is 0 Å². The quantitative estimate of drug-likeness (QED) is 0.844. The van der Waals surface area contributed by atoms with E-state index in [1.165, 1.54) is 12.1 Å². The number of carbonyl (C=O) groups excluding carboxylic acids is 1. The molecule has 0 aromatic heterocycles. The Labute approximate surface area is 137 Å². The summed E-state index contributed by atoms with van der Waals surface area (Å²) in [5.41, 5.74) is 0.852. The van der Waals surface area contributed by atoms with Crippen LogP contribution in [-0.4, -0.2) is 54.9 Å². The second kappa shape index (κ2) is 8.72. The van der Waals surface area contributed by atoms with Crippen LogP contribution in [0.4, 0.5) is 14.9 Å². The molecule has 2 N–H and O–H groups in total. The van der Waals surface area contributed by atoms with Gasteiger partial charge in [-0.25, -0.2) is 9.18 Å². The number of amides is 2. The molecule has 128 valence electrons. The van der Waals surface area contributed by atoms with Gasteiger partial charge in [0.1, 0.15) is 5.82 Å². The number of rotatable bonds is 6. The van der Waals surface area contributed by atoms with Gasteiger partial charge in [-0.3, -0.25) is 0 Å². The van der Waals surface area contributed by atoms with Crippen LogP contribution >= 0.6 is 0 Å². The molecule has 0 spiro atoms.